The Balaban J connectivity index is 1.30. The number of amides is 1. The van der Waals surface area contributed by atoms with Crippen LogP contribution in [0.5, 0.6) is 23.0 Å². The molecule has 10 heteroatoms. The summed E-state index contributed by atoms with van der Waals surface area (Å²) in [6.07, 6.45) is 0.738. The van der Waals surface area contributed by atoms with Crippen molar-refractivity contribution in [1.82, 2.24) is 9.97 Å². The number of rotatable bonds is 5. The van der Waals surface area contributed by atoms with Gasteiger partial charge >= 0.3 is 0 Å². The standard InChI is InChI=1S/C29H23N5O5/c30-16-21-24(17-7-12-22-23(15-17)38-14-4-13-37-22)25-26(32-27(21)35)33-29(34-28(25)36)31-18-8-10-20(11-9-18)39-19-5-2-1-3-6-19/h1-3,5-12,15,21,24H,4,13-14H2,(H3,31,32,33,34,35,36). The Morgan fingerprint density at radius 3 is 2.46 bits per heavy atom. The summed E-state index contributed by atoms with van der Waals surface area (Å²) in [5.41, 5.74) is 0.968. The van der Waals surface area contributed by atoms with Crippen LogP contribution in [0.3, 0.4) is 0 Å². The Kier molecular flexibility index (Phi) is 6.31. The number of hydrogen-bond acceptors (Lipinski definition) is 8. The minimum atomic E-state index is -1.12. The Morgan fingerprint density at radius 2 is 1.69 bits per heavy atom. The molecular weight excluding hydrogens is 498 g/mol. The average molecular weight is 522 g/mol. The largest absolute Gasteiger partial charge is 0.490 e. The third-order valence-electron chi connectivity index (χ3n) is 6.49. The number of fused-ring (bicyclic) bond motifs is 2. The number of H-pyrrole nitrogens is 1. The second-order valence-electron chi connectivity index (χ2n) is 9.07. The molecule has 3 heterocycles. The van der Waals surface area contributed by atoms with E-state index in [1.807, 2.05) is 36.4 Å². The minimum absolute atomic E-state index is 0.0962. The molecule has 0 aliphatic carbocycles. The Morgan fingerprint density at radius 1 is 0.949 bits per heavy atom. The topological polar surface area (TPSA) is 138 Å². The SMILES string of the molecule is N#CC1C(=O)Nc2nc(Nc3ccc(Oc4ccccc4)cc3)[nH]c(=O)c2C1c1ccc2c(c1)OCCCO2. The predicted octanol–water partition coefficient (Wildman–Crippen LogP) is 4.69. The smallest absolute Gasteiger partial charge is 0.258 e. The van der Waals surface area contributed by atoms with Crippen LogP contribution in [-0.2, 0) is 4.79 Å². The lowest BCUT2D eigenvalue weighted by Gasteiger charge is -2.28. The lowest BCUT2D eigenvalue weighted by atomic mass is 9.79. The number of nitriles is 1. The molecule has 1 amide bonds. The Bertz CT molecular complexity index is 1630. The molecule has 2 atom stereocenters. The summed E-state index contributed by atoms with van der Waals surface area (Å²) in [5, 5.41) is 15.5. The van der Waals surface area contributed by atoms with Gasteiger partial charge in [-0.2, -0.15) is 10.2 Å². The molecule has 2 unspecified atom stereocenters. The van der Waals surface area contributed by atoms with Crippen LogP contribution in [0.15, 0.2) is 77.6 Å². The van der Waals surface area contributed by atoms with Gasteiger partial charge in [-0.1, -0.05) is 24.3 Å². The molecule has 0 bridgehead atoms. The summed E-state index contributed by atoms with van der Waals surface area (Å²) in [7, 11) is 0. The van der Waals surface area contributed by atoms with Gasteiger partial charge in [0.05, 0.1) is 24.8 Å². The number of aromatic amines is 1. The molecule has 2 aliphatic rings. The Labute approximate surface area is 223 Å². The minimum Gasteiger partial charge on any atom is -0.490 e. The van der Waals surface area contributed by atoms with E-state index >= 15 is 0 Å². The van der Waals surface area contributed by atoms with E-state index in [4.69, 9.17) is 14.2 Å². The van der Waals surface area contributed by atoms with Crippen LogP contribution in [0.2, 0.25) is 0 Å². The summed E-state index contributed by atoms with van der Waals surface area (Å²) in [6.45, 7) is 1.01. The molecule has 39 heavy (non-hydrogen) atoms. The zero-order valence-corrected chi connectivity index (χ0v) is 20.6. The van der Waals surface area contributed by atoms with Crippen LogP contribution in [0.25, 0.3) is 0 Å². The Hall–Kier alpha value is -5.30. The van der Waals surface area contributed by atoms with Crippen molar-refractivity contribution >= 4 is 23.4 Å². The highest BCUT2D eigenvalue weighted by Gasteiger charge is 2.40. The number of nitrogens with one attached hydrogen (secondary N) is 3. The molecule has 0 saturated carbocycles. The van der Waals surface area contributed by atoms with E-state index in [0.29, 0.717) is 47.5 Å². The van der Waals surface area contributed by atoms with Gasteiger partial charge in [-0.05, 0) is 54.1 Å². The van der Waals surface area contributed by atoms with E-state index in [0.717, 1.165) is 6.42 Å². The fraction of sp³-hybridized carbons (Fsp3) is 0.172. The number of para-hydroxylation sites is 1. The molecule has 194 valence electrons. The van der Waals surface area contributed by atoms with Crippen molar-refractivity contribution in [2.75, 3.05) is 23.8 Å². The molecule has 6 rings (SSSR count). The highest BCUT2D eigenvalue weighted by atomic mass is 16.5. The van der Waals surface area contributed by atoms with E-state index in [-0.39, 0.29) is 17.3 Å². The normalized spacial score (nSPS) is 17.7. The lowest BCUT2D eigenvalue weighted by Crippen LogP contribution is -2.38. The van der Waals surface area contributed by atoms with Gasteiger partial charge in [0, 0.05) is 18.0 Å². The first-order valence-corrected chi connectivity index (χ1v) is 12.4. The number of carbonyl (C=O) groups is 1. The number of nitrogens with zero attached hydrogens (tertiary/aromatic N) is 2. The fourth-order valence-corrected chi connectivity index (χ4v) is 4.67. The maximum Gasteiger partial charge on any atom is 0.258 e. The van der Waals surface area contributed by atoms with Crippen molar-refractivity contribution < 1.29 is 19.0 Å². The van der Waals surface area contributed by atoms with Crippen LogP contribution in [0, 0.1) is 17.2 Å². The molecule has 3 aromatic carbocycles. The van der Waals surface area contributed by atoms with Gasteiger partial charge in [0.2, 0.25) is 11.9 Å². The third kappa shape index (κ3) is 4.85. The van der Waals surface area contributed by atoms with Crippen LogP contribution in [-0.4, -0.2) is 29.1 Å². The molecule has 3 N–H and O–H groups in total. The summed E-state index contributed by atoms with van der Waals surface area (Å²) < 4.78 is 17.3. The van der Waals surface area contributed by atoms with E-state index < -0.39 is 23.3 Å². The fourth-order valence-electron chi connectivity index (χ4n) is 4.67. The molecule has 0 fully saturated rings. The van der Waals surface area contributed by atoms with Gasteiger partial charge in [0.15, 0.2) is 11.5 Å². The molecule has 0 saturated heterocycles. The third-order valence-corrected chi connectivity index (χ3v) is 6.49. The maximum atomic E-state index is 13.4. The van der Waals surface area contributed by atoms with Crippen LogP contribution in [0.4, 0.5) is 17.5 Å². The molecule has 10 nitrogen and oxygen atoms in total. The second kappa shape index (κ2) is 10.2. The van der Waals surface area contributed by atoms with Crippen molar-refractivity contribution in [2.24, 2.45) is 5.92 Å². The second-order valence-corrected chi connectivity index (χ2v) is 9.07. The van der Waals surface area contributed by atoms with Crippen LogP contribution >= 0.6 is 0 Å². The van der Waals surface area contributed by atoms with Gasteiger partial charge in [0.1, 0.15) is 23.2 Å². The van der Waals surface area contributed by atoms with Crippen molar-refractivity contribution in [3.8, 4) is 29.1 Å². The van der Waals surface area contributed by atoms with E-state index in [2.05, 4.69) is 20.6 Å². The first kappa shape index (κ1) is 24.1. The molecular formula is C29H23N5O5. The van der Waals surface area contributed by atoms with Gasteiger partial charge in [0.25, 0.3) is 5.56 Å². The average Bonchev–Trinajstić information content (AvgIpc) is 3.19. The number of aromatic nitrogens is 2. The zero-order chi connectivity index (χ0) is 26.8. The van der Waals surface area contributed by atoms with E-state index in [1.165, 1.54) is 0 Å². The van der Waals surface area contributed by atoms with Gasteiger partial charge < -0.3 is 24.8 Å². The molecule has 1 aromatic heterocycles. The van der Waals surface area contributed by atoms with Crippen molar-refractivity contribution in [3.05, 3.63) is 94.3 Å². The van der Waals surface area contributed by atoms with E-state index in [1.54, 1.807) is 42.5 Å². The highest BCUT2D eigenvalue weighted by Crippen LogP contribution is 2.41. The van der Waals surface area contributed by atoms with Gasteiger partial charge in [-0.25, -0.2) is 0 Å². The van der Waals surface area contributed by atoms with Crippen LogP contribution in [0.1, 0.15) is 23.5 Å². The summed E-state index contributed by atoms with van der Waals surface area (Å²) in [6, 6.07) is 23.8. The number of hydrogen-bond donors (Lipinski definition) is 3. The predicted molar refractivity (Wildman–Crippen MR) is 143 cm³/mol. The molecule has 4 aromatic rings. The first-order valence-electron chi connectivity index (χ1n) is 12.4. The first-order chi connectivity index (χ1) is 19.1. The molecule has 0 spiro atoms. The van der Waals surface area contributed by atoms with Crippen molar-refractivity contribution in [3.63, 3.8) is 0 Å². The molecule has 0 radical (unpaired) electrons. The number of ether oxygens (including phenoxy) is 3. The van der Waals surface area contributed by atoms with Gasteiger partial charge in [-0.3, -0.25) is 14.6 Å². The lowest BCUT2D eigenvalue weighted by molar-refractivity contribution is -0.119. The van der Waals surface area contributed by atoms with Crippen molar-refractivity contribution in [1.29, 1.82) is 5.26 Å². The summed E-state index contributed by atoms with van der Waals surface area (Å²) >= 11 is 0. The summed E-state index contributed by atoms with van der Waals surface area (Å²) in [4.78, 5) is 33.5. The number of carbonyl (C=O) groups excluding carboxylic acids is 1. The van der Waals surface area contributed by atoms with E-state index in [9.17, 15) is 14.9 Å². The molecule has 2 aliphatic heterocycles. The van der Waals surface area contributed by atoms with Gasteiger partial charge in [-0.15, -0.1) is 0 Å². The summed E-state index contributed by atoms with van der Waals surface area (Å²) in [5.74, 6) is 0.196. The number of anilines is 3. The quantitative estimate of drug-likeness (QED) is 0.344. The zero-order valence-electron chi connectivity index (χ0n) is 20.6. The van der Waals surface area contributed by atoms with Crippen molar-refractivity contribution in [2.45, 2.75) is 12.3 Å². The van der Waals surface area contributed by atoms with Crippen LogP contribution < -0.4 is 30.4 Å². The maximum absolute atomic E-state index is 13.4. The number of benzene rings is 3. The monoisotopic (exact) mass is 521 g/mol. The highest BCUT2D eigenvalue weighted by molar-refractivity contribution is 5.98.